The number of benzene rings is 2. The van der Waals surface area contributed by atoms with Crippen LogP contribution >= 0.6 is 0 Å². The van der Waals surface area contributed by atoms with Crippen LogP contribution in [0.1, 0.15) is 34.7 Å². The van der Waals surface area contributed by atoms with Crippen molar-refractivity contribution in [1.29, 1.82) is 0 Å². The fourth-order valence-electron chi connectivity index (χ4n) is 2.75. The molecule has 1 aliphatic rings. The van der Waals surface area contributed by atoms with E-state index in [2.05, 4.69) is 5.32 Å². The summed E-state index contributed by atoms with van der Waals surface area (Å²) in [5.74, 6) is -0.425. The SMILES string of the molecule is NC(=O)c1ccccc1NC(=O)C(c1ccccc1)C1CC1. The third kappa shape index (κ3) is 3.01. The Hall–Kier alpha value is -2.62. The molecule has 1 atom stereocenters. The van der Waals surface area contributed by atoms with E-state index in [-0.39, 0.29) is 11.8 Å². The summed E-state index contributed by atoms with van der Waals surface area (Å²) in [6.07, 6.45) is 2.12. The third-order valence-corrected chi connectivity index (χ3v) is 3.98. The maximum absolute atomic E-state index is 12.7. The van der Waals surface area contributed by atoms with Crippen LogP contribution in [0.3, 0.4) is 0 Å². The molecule has 2 aromatic rings. The predicted molar refractivity (Wildman–Crippen MR) is 85.5 cm³/mol. The summed E-state index contributed by atoms with van der Waals surface area (Å²) in [6.45, 7) is 0. The van der Waals surface area contributed by atoms with Crippen LogP contribution in [0.15, 0.2) is 54.6 Å². The number of rotatable bonds is 5. The Balaban J connectivity index is 1.85. The summed E-state index contributed by atoms with van der Waals surface area (Å²) in [5, 5.41) is 2.87. The van der Waals surface area contributed by atoms with Crippen molar-refractivity contribution in [3.8, 4) is 0 Å². The average molecular weight is 294 g/mol. The molecule has 0 aliphatic heterocycles. The second kappa shape index (κ2) is 6.02. The smallest absolute Gasteiger partial charge is 0.250 e. The van der Waals surface area contributed by atoms with Crippen LogP contribution in [0.25, 0.3) is 0 Å². The van der Waals surface area contributed by atoms with Crippen molar-refractivity contribution in [2.75, 3.05) is 5.32 Å². The molecule has 2 aromatic carbocycles. The Kier molecular flexibility index (Phi) is 3.92. The fourth-order valence-corrected chi connectivity index (χ4v) is 2.75. The first-order valence-corrected chi connectivity index (χ1v) is 7.41. The molecule has 3 rings (SSSR count). The van der Waals surface area contributed by atoms with E-state index in [1.165, 1.54) is 0 Å². The number of primary amides is 1. The van der Waals surface area contributed by atoms with Gasteiger partial charge in [-0.05, 0) is 36.5 Å². The van der Waals surface area contributed by atoms with Gasteiger partial charge in [0.25, 0.3) is 5.91 Å². The van der Waals surface area contributed by atoms with E-state index >= 15 is 0 Å². The summed E-state index contributed by atoms with van der Waals surface area (Å²) >= 11 is 0. The summed E-state index contributed by atoms with van der Waals surface area (Å²) in [4.78, 5) is 24.2. The third-order valence-electron chi connectivity index (χ3n) is 3.98. The lowest BCUT2D eigenvalue weighted by atomic mass is 9.93. The van der Waals surface area contributed by atoms with Crippen molar-refractivity contribution < 1.29 is 9.59 Å². The first-order chi connectivity index (χ1) is 10.7. The maximum Gasteiger partial charge on any atom is 0.250 e. The molecule has 3 N–H and O–H groups in total. The Labute approximate surface area is 129 Å². The van der Waals surface area contributed by atoms with Crippen LogP contribution in [0.2, 0.25) is 0 Å². The average Bonchev–Trinajstić information content (AvgIpc) is 3.33. The Bertz CT molecular complexity index is 693. The van der Waals surface area contributed by atoms with Crippen LogP contribution in [-0.4, -0.2) is 11.8 Å². The number of amides is 2. The van der Waals surface area contributed by atoms with Gasteiger partial charge in [-0.2, -0.15) is 0 Å². The van der Waals surface area contributed by atoms with Gasteiger partial charge >= 0.3 is 0 Å². The van der Waals surface area contributed by atoms with Gasteiger partial charge in [0.1, 0.15) is 0 Å². The summed E-state index contributed by atoms with van der Waals surface area (Å²) in [7, 11) is 0. The second-order valence-corrected chi connectivity index (χ2v) is 5.62. The molecule has 1 aliphatic carbocycles. The highest BCUT2D eigenvalue weighted by molar-refractivity contribution is 6.04. The molecule has 0 bridgehead atoms. The lowest BCUT2D eigenvalue weighted by molar-refractivity contribution is -0.118. The highest BCUT2D eigenvalue weighted by Gasteiger charge is 2.37. The molecule has 4 nitrogen and oxygen atoms in total. The Morgan fingerprint density at radius 3 is 2.27 bits per heavy atom. The van der Waals surface area contributed by atoms with Gasteiger partial charge in [0, 0.05) is 0 Å². The number of nitrogens with two attached hydrogens (primary N) is 1. The number of carbonyl (C=O) groups excluding carboxylic acids is 2. The van der Waals surface area contributed by atoms with Crippen LogP contribution < -0.4 is 11.1 Å². The van der Waals surface area contributed by atoms with Gasteiger partial charge in [0.15, 0.2) is 0 Å². The standard InChI is InChI=1S/C18H18N2O2/c19-17(21)14-8-4-5-9-15(14)20-18(22)16(13-10-11-13)12-6-2-1-3-7-12/h1-9,13,16H,10-11H2,(H2,19,21)(H,20,22). The molecule has 1 saturated carbocycles. The van der Waals surface area contributed by atoms with E-state index in [9.17, 15) is 9.59 Å². The summed E-state index contributed by atoms with van der Waals surface area (Å²) in [5.41, 5.74) is 7.18. The summed E-state index contributed by atoms with van der Waals surface area (Å²) < 4.78 is 0. The quantitative estimate of drug-likeness (QED) is 0.890. The number of anilines is 1. The van der Waals surface area contributed by atoms with Gasteiger partial charge in [0.2, 0.25) is 5.91 Å². The van der Waals surface area contributed by atoms with E-state index in [0.29, 0.717) is 17.2 Å². The van der Waals surface area contributed by atoms with Gasteiger partial charge in [-0.25, -0.2) is 0 Å². The van der Waals surface area contributed by atoms with Gasteiger partial charge in [-0.1, -0.05) is 42.5 Å². The van der Waals surface area contributed by atoms with Gasteiger partial charge < -0.3 is 11.1 Å². The van der Waals surface area contributed by atoms with Crippen LogP contribution in [0, 0.1) is 5.92 Å². The molecule has 112 valence electrons. The van der Waals surface area contributed by atoms with Crippen molar-refractivity contribution in [3.63, 3.8) is 0 Å². The number of nitrogens with one attached hydrogen (secondary N) is 1. The molecule has 2 amide bonds. The molecular formula is C18H18N2O2. The largest absolute Gasteiger partial charge is 0.366 e. The number of hydrogen-bond donors (Lipinski definition) is 2. The maximum atomic E-state index is 12.7. The molecule has 0 saturated heterocycles. The Morgan fingerprint density at radius 1 is 1.00 bits per heavy atom. The van der Waals surface area contributed by atoms with Gasteiger partial charge in [0.05, 0.1) is 17.2 Å². The van der Waals surface area contributed by atoms with Crippen molar-refractivity contribution in [3.05, 3.63) is 65.7 Å². The zero-order valence-electron chi connectivity index (χ0n) is 12.2. The first-order valence-electron chi connectivity index (χ1n) is 7.41. The molecule has 0 radical (unpaired) electrons. The van der Waals surface area contributed by atoms with Crippen molar-refractivity contribution >= 4 is 17.5 Å². The predicted octanol–water partition coefficient (Wildman–Crippen LogP) is 2.92. The van der Waals surface area contributed by atoms with E-state index < -0.39 is 5.91 Å². The van der Waals surface area contributed by atoms with E-state index in [1.54, 1.807) is 24.3 Å². The Morgan fingerprint density at radius 2 is 1.64 bits per heavy atom. The highest BCUT2D eigenvalue weighted by atomic mass is 16.2. The molecule has 0 aromatic heterocycles. The monoisotopic (exact) mass is 294 g/mol. The van der Waals surface area contributed by atoms with Crippen molar-refractivity contribution in [2.45, 2.75) is 18.8 Å². The lowest BCUT2D eigenvalue weighted by Gasteiger charge is -2.17. The van der Waals surface area contributed by atoms with Crippen LogP contribution in [0.5, 0.6) is 0 Å². The molecule has 4 heteroatoms. The van der Waals surface area contributed by atoms with Gasteiger partial charge in [-0.15, -0.1) is 0 Å². The normalized spacial score (nSPS) is 15.1. The topological polar surface area (TPSA) is 72.2 Å². The lowest BCUT2D eigenvalue weighted by Crippen LogP contribution is -2.24. The number of carbonyl (C=O) groups is 2. The van der Waals surface area contributed by atoms with E-state index in [1.807, 2.05) is 30.3 Å². The van der Waals surface area contributed by atoms with E-state index in [4.69, 9.17) is 5.73 Å². The van der Waals surface area contributed by atoms with Crippen molar-refractivity contribution in [1.82, 2.24) is 0 Å². The van der Waals surface area contributed by atoms with E-state index in [0.717, 1.165) is 18.4 Å². The zero-order chi connectivity index (χ0) is 15.5. The fraction of sp³-hybridized carbons (Fsp3) is 0.222. The van der Waals surface area contributed by atoms with Crippen LogP contribution in [0.4, 0.5) is 5.69 Å². The molecule has 1 fully saturated rings. The highest BCUT2D eigenvalue weighted by Crippen LogP contribution is 2.43. The molecular weight excluding hydrogens is 276 g/mol. The van der Waals surface area contributed by atoms with Gasteiger partial charge in [-0.3, -0.25) is 9.59 Å². The molecule has 0 spiro atoms. The molecule has 0 heterocycles. The zero-order valence-corrected chi connectivity index (χ0v) is 12.2. The second-order valence-electron chi connectivity index (χ2n) is 5.62. The minimum Gasteiger partial charge on any atom is -0.366 e. The molecule has 22 heavy (non-hydrogen) atoms. The summed E-state index contributed by atoms with van der Waals surface area (Å²) in [6, 6.07) is 16.6. The first kappa shape index (κ1) is 14.3. The number of hydrogen-bond acceptors (Lipinski definition) is 2. The minimum atomic E-state index is -0.543. The number of para-hydroxylation sites is 1. The minimum absolute atomic E-state index is 0.0811. The molecule has 1 unspecified atom stereocenters. The van der Waals surface area contributed by atoms with Crippen molar-refractivity contribution in [2.24, 2.45) is 11.7 Å². The van der Waals surface area contributed by atoms with Crippen LogP contribution in [-0.2, 0) is 4.79 Å².